The van der Waals surface area contributed by atoms with Crippen LogP contribution in [0.15, 0.2) is 24.5 Å². The normalized spacial score (nSPS) is 31.9. The number of nitrogens with one attached hydrogen (secondary N) is 1. The van der Waals surface area contributed by atoms with Gasteiger partial charge in [0.25, 0.3) is 0 Å². The number of nitrogens with zero attached hydrogens (tertiary/aromatic N) is 2. The van der Waals surface area contributed by atoms with Gasteiger partial charge in [-0.25, -0.2) is 0 Å². The van der Waals surface area contributed by atoms with Gasteiger partial charge >= 0.3 is 0 Å². The summed E-state index contributed by atoms with van der Waals surface area (Å²) in [5, 5.41) is 3.78. The van der Waals surface area contributed by atoms with Crippen LogP contribution in [0.4, 0.5) is 0 Å². The number of pyridine rings is 1. The number of hydrogen-bond acceptors (Lipinski definition) is 4. The van der Waals surface area contributed by atoms with Crippen LogP contribution in [0.25, 0.3) is 0 Å². The molecule has 4 heteroatoms. The molecule has 3 nitrogen and oxygen atoms in total. The molecule has 2 aliphatic rings. The second-order valence-corrected chi connectivity index (χ2v) is 6.88. The maximum atomic E-state index is 4.29. The van der Waals surface area contributed by atoms with Gasteiger partial charge in [0.15, 0.2) is 0 Å². The van der Waals surface area contributed by atoms with E-state index in [1.807, 2.05) is 12.4 Å². The summed E-state index contributed by atoms with van der Waals surface area (Å²) < 4.78 is 0. The third-order valence-corrected chi connectivity index (χ3v) is 5.56. The SMILES string of the molecule is CN1CC[C@@H](CN[C@H]2CCSC2)[C@@H]1c1cccnc1. The maximum Gasteiger partial charge on any atom is 0.0401 e. The Balaban J connectivity index is 1.63. The first kappa shape index (κ1) is 13.4. The molecule has 1 aromatic rings. The Kier molecular flexibility index (Phi) is 4.41. The van der Waals surface area contributed by atoms with E-state index >= 15 is 0 Å². The molecule has 0 saturated carbocycles. The van der Waals surface area contributed by atoms with Crippen LogP contribution in [0, 0.1) is 5.92 Å². The van der Waals surface area contributed by atoms with Crippen molar-refractivity contribution in [3.63, 3.8) is 0 Å². The molecule has 3 heterocycles. The number of rotatable bonds is 4. The topological polar surface area (TPSA) is 28.2 Å². The molecule has 2 aliphatic heterocycles. The maximum absolute atomic E-state index is 4.29. The van der Waals surface area contributed by atoms with Crippen LogP contribution in [0.5, 0.6) is 0 Å². The summed E-state index contributed by atoms with van der Waals surface area (Å²) in [5.74, 6) is 3.34. The minimum atomic E-state index is 0.537. The molecular formula is C15H23N3S. The van der Waals surface area contributed by atoms with E-state index in [2.05, 4.69) is 46.1 Å². The van der Waals surface area contributed by atoms with Gasteiger partial charge in [0.1, 0.15) is 0 Å². The van der Waals surface area contributed by atoms with Gasteiger partial charge in [0, 0.05) is 36.8 Å². The zero-order valence-electron chi connectivity index (χ0n) is 11.6. The molecule has 0 aromatic carbocycles. The van der Waals surface area contributed by atoms with E-state index < -0.39 is 0 Å². The Bertz CT molecular complexity index is 392. The Hall–Kier alpha value is -0.580. The van der Waals surface area contributed by atoms with Crippen LogP contribution in [-0.2, 0) is 0 Å². The van der Waals surface area contributed by atoms with Crippen molar-refractivity contribution in [2.24, 2.45) is 5.92 Å². The Morgan fingerprint density at radius 3 is 3.16 bits per heavy atom. The summed E-state index contributed by atoms with van der Waals surface area (Å²) in [6.45, 7) is 2.35. The van der Waals surface area contributed by atoms with Crippen molar-refractivity contribution in [1.29, 1.82) is 0 Å². The zero-order valence-corrected chi connectivity index (χ0v) is 12.4. The van der Waals surface area contributed by atoms with Crippen molar-refractivity contribution in [3.05, 3.63) is 30.1 Å². The number of likely N-dealkylation sites (tertiary alicyclic amines) is 1. The summed E-state index contributed by atoms with van der Waals surface area (Å²) in [4.78, 5) is 6.76. The highest BCUT2D eigenvalue weighted by Gasteiger charge is 2.33. The van der Waals surface area contributed by atoms with Crippen molar-refractivity contribution in [2.45, 2.75) is 24.9 Å². The Morgan fingerprint density at radius 1 is 1.47 bits per heavy atom. The summed E-state index contributed by atoms with van der Waals surface area (Å²) in [6, 6.07) is 5.55. The van der Waals surface area contributed by atoms with Crippen molar-refractivity contribution in [3.8, 4) is 0 Å². The first-order valence-electron chi connectivity index (χ1n) is 7.26. The fourth-order valence-corrected chi connectivity index (χ4v) is 4.52. The van der Waals surface area contributed by atoms with Crippen LogP contribution < -0.4 is 5.32 Å². The lowest BCUT2D eigenvalue weighted by Gasteiger charge is -2.26. The van der Waals surface area contributed by atoms with Gasteiger partial charge in [-0.05, 0) is 49.7 Å². The molecule has 0 radical (unpaired) electrons. The number of hydrogen-bond donors (Lipinski definition) is 1. The summed E-state index contributed by atoms with van der Waals surface area (Å²) in [5.41, 5.74) is 1.37. The van der Waals surface area contributed by atoms with Gasteiger partial charge in [0.05, 0.1) is 0 Å². The minimum absolute atomic E-state index is 0.537. The van der Waals surface area contributed by atoms with E-state index in [-0.39, 0.29) is 0 Å². The van der Waals surface area contributed by atoms with Crippen LogP contribution in [0.3, 0.4) is 0 Å². The Morgan fingerprint density at radius 2 is 2.42 bits per heavy atom. The standard InChI is InChI=1S/C15H23N3S/c1-18-7-4-13(10-17-14-5-8-19-11-14)15(18)12-3-2-6-16-9-12/h2-3,6,9,13-15,17H,4-5,7-8,10-11H2,1H3/t13-,14-,15-/m0/s1. The van der Waals surface area contributed by atoms with E-state index in [9.17, 15) is 0 Å². The van der Waals surface area contributed by atoms with Gasteiger partial charge in [0.2, 0.25) is 0 Å². The van der Waals surface area contributed by atoms with Crippen LogP contribution in [-0.4, -0.2) is 47.6 Å². The van der Waals surface area contributed by atoms with Crippen molar-refractivity contribution >= 4 is 11.8 Å². The van der Waals surface area contributed by atoms with Gasteiger partial charge in [-0.15, -0.1) is 0 Å². The molecule has 1 aromatic heterocycles. The van der Waals surface area contributed by atoms with E-state index in [1.54, 1.807) is 0 Å². The first-order valence-corrected chi connectivity index (χ1v) is 8.41. The summed E-state index contributed by atoms with van der Waals surface area (Å²) in [6.07, 6.45) is 6.53. The second-order valence-electron chi connectivity index (χ2n) is 5.73. The van der Waals surface area contributed by atoms with Crippen LogP contribution in [0.1, 0.15) is 24.4 Å². The predicted molar refractivity (Wildman–Crippen MR) is 81.4 cm³/mol. The predicted octanol–water partition coefficient (Wildman–Crippen LogP) is 2.17. The molecule has 2 saturated heterocycles. The Labute approximate surface area is 120 Å². The fourth-order valence-electron chi connectivity index (χ4n) is 3.33. The van der Waals surface area contributed by atoms with Crippen molar-refractivity contribution in [1.82, 2.24) is 15.2 Å². The van der Waals surface area contributed by atoms with E-state index in [4.69, 9.17) is 0 Å². The molecule has 3 rings (SSSR count). The average molecular weight is 277 g/mol. The van der Waals surface area contributed by atoms with E-state index in [0.717, 1.165) is 18.5 Å². The molecule has 2 fully saturated rings. The van der Waals surface area contributed by atoms with Gasteiger partial charge in [-0.2, -0.15) is 11.8 Å². The number of thioether (sulfide) groups is 1. The minimum Gasteiger partial charge on any atom is -0.313 e. The summed E-state index contributed by atoms with van der Waals surface area (Å²) in [7, 11) is 2.24. The summed E-state index contributed by atoms with van der Waals surface area (Å²) >= 11 is 2.08. The van der Waals surface area contributed by atoms with Gasteiger partial charge in [-0.1, -0.05) is 6.07 Å². The van der Waals surface area contributed by atoms with Gasteiger partial charge < -0.3 is 5.32 Å². The highest BCUT2D eigenvalue weighted by Crippen LogP contribution is 2.35. The third-order valence-electron chi connectivity index (χ3n) is 4.40. The van der Waals surface area contributed by atoms with E-state index in [1.165, 1.54) is 36.5 Å². The molecule has 104 valence electrons. The second kappa shape index (κ2) is 6.25. The number of aromatic nitrogens is 1. The zero-order chi connectivity index (χ0) is 13.1. The highest BCUT2D eigenvalue weighted by atomic mass is 32.2. The fraction of sp³-hybridized carbons (Fsp3) is 0.667. The lowest BCUT2D eigenvalue weighted by atomic mass is 9.94. The first-order chi connectivity index (χ1) is 9.34. The van der Waals surface area contributed by atoms with Crippen LogP contribution >= 0.6 is 11.8 Å². The average Bonchev–Trinajstić information content (AvgIpc) is 3.07. The third kappa shape index (κ3) is 3.12. The largest absolute Gasteiger partial charge is 0.313 e. The molecule has 19 heavy (non-hydrogen) atoms. The van der Waals surface area contributed by atoms with Gasteiger partial charge in [-0.3, -0.25) is 9.88 Å². The lowest BCUT2D eigenvalue weighted by molar-refractivity contribution is 0.268. The molecule has 0 bridgehead atoms. The molecule has 0 unspecified atom stereocenters. The monoisotopic (exact) mass is 277 g/mol. The molecule has 0 aliphatic carbocycles. The van der Waals surface area contributed by atoms with Crippen LogP contribution in [0.2, 0.25) is 0 Å². The van der Waals surface area contributed by atoms with E-state index in [0.29, 0.717) is 6.04 Å². The molecule has 3 atom stereocenters. The smallest absolute Gasteiger partial charge is 0.0401 e. The molecule has 0 amide bonds. The molecule has 0 spiro atoms. The van der Waals surface area contributed by atoms with Crippen molar-refractivity contribution in [2.75, 3.05) is 31.6 Å². The van der Waals surface area contributed by atoms with Crippen molar-refractivity contribution < 1.29 is 0 Å². The molecule has 1 N–H and O–H groups in total. The quantitative estimate of drug-likeness (QED) is 0.913. The lowest BCUT2D eigenvalue weighted by Crippen LogP contribution is -2.35. The molecular weight excluding hydrogens is 254 g/mol. The highest BCUT2D eigenvalue weighted by molar-refractivity contribution is 7.99.